The summed E-state index contributed by atoms with van der Waals surface area (Å²) in [5.41, 5.74) is 1.09. The fourth-order valence-electron chi connectivity index (χ4n) is 1.81. The Kier molecular flexibility index (Phi) is 4.21. The molecule has 0 bridgehead atoms. The van der Waals surface area contributed by atoms with Gasteiger partial charge in [-0.1, -0.05) is 11.6 Å². The zero-order valence-corrected chi connectivity index (χ0v) is 11.7. The summed E-state index contributed by atoms with van der Waals surface area (Å²) in [7, 11) is 0. The molecule has 0 atom stereocenters. The van der Waals surface area contributed by atoms with E-state index >= 15 is 0 Å². The van der Waals surface area contributed by atoms with E-state index in [2.05, 4.69) is 15.4 Å². The molecule has 1 N–H and O–H groups in total. The minimum atomic E-state index is -0.201. The SMILES string of the molecule is CCn1nc(C)c(Cl)c1C(=O)NCCn1ccnc1. The maximum absolute atomic E-state index is 12.1. The highest BCUT2D eigenvalue weighted by molar-refractivity contribution is 6.34. The molecule has 102 valence electrons. The number of aromatic nitrogens is 4. The molecule has 2 aromatic rings. The quantitative estimate of drug-likeness (QED) is 0.903. The first-order chi connectivity index (χ1) is 9.13. The van der Waals surface area contributed by atoms with Crippen molar-refractivity contribution in [3.63, 3.8) is 0 Å². The molecule has 2 heterocycles. The zero-order chi connectivity index (χ0) is 13.8. The Bertz CT molecular complexity index is 561. The molecule has 0 aliphatic rings. The topological polar surface area (TPSA) is 64.7 Å². The fourth-order valence-corrected chi connectivity index (χ4v) is 2.03. The molecular formula is C12H16ClN5O. The Morgan fingerprint density at radius 2 is 2.32 bits per heavy atom. The van der Waals surface area contributed by atoms with Gasteiger partial charge < -0.3 is 9.88 Å². The number of carbonyl (C=O) groups is 1. The predicted octanol–water partition coefficient (Wildman–Crippen LogP) is 1.49. The number of carbonyl (C=O) groups excluding carboxylic acids is 1. The molecule has 6 nitrogen and oxygen atoms in total. The molecule has 2 rings (SSSR count). The van der Waals surface area contributed by atoms with E-state index in [1.807, 2.05) is 17.7 Å². The highest BCUT2D eigenvalue weighted by Gasteiger charge is 2.19. The molecule has 0 saturated carbocycles. The van der Waals surface area contributed by atoms with Gasteiger partial charge in [0.25, 0.3) is 5.91 Å². The van der Waals surface area contributed by atoms with Gasteiger partial charge in [0.2, 0.25) is 0 Å². The molecule has 1 amide bonds. The van der Waals surface area contributed by atoms with Crippen LogP contribution in [0.1, 0.15) is 23.1 Å². The molecule has 0 fully saturated rings. The Labute approximate surface area is 116 Å². The van der Waals surface area contributed by atoms with Crippen molar-refractivity contribution in [3.8, 4) is 0 Å². The first kappa shape index (κ1) is 13.6. The maximum atomic E-state index is 12.1. The molecular weight excluding hydrogens is 266 g/mol. The molecule has 0 aromatic carbocycles. The highest BCUT2D eigenvalue weighted by Crippen LogP contribution is 2.19. The Balaban J connectivity index is 2.00. The van der Waals surface area contributed by atoms with Crippen LogP contribution in [0.25, 0.3) is 0 Å². The van der Waals surface area contributed by atoms with Crippen LogP contribution in [-0.2, 0) is 13.1 Å². The molecule has 19 heavy (non-hydrogen) atoms. The van der Waals surface area contributed by atoms with Crippen molar-refractivity contribution in [2.75, 3.05) is 6.54 Å². The standard InChI is InChI=1S/C12H16ClN5O/c1-3-18-11(10(13)9(2)16-18)12(19)15-5-7-17-6-4-14-8-17/h4,6,8H,3,5,7H2,1-2H3,(H,15,19). The maximum Gasteiger partial charge on any atom is 0.271 e. The van der Waals surface area contributed by atoms with Gasteiger partial charge in [0.05, 0.1) is 17.0 Å². The van der Waals surface area contributed by atoms with Crippen LogP contribution >= 0.6 is 11.6 Å². The van der Waals surface area contributed by atoms with Crippen molar-refractivity contribution in [1.29, 1.82) is 0 Å². The number of halogens is 1. The summed E-state index contributed by atoms with van der Waals surface area (Å²) < 4.78 is 3.51. The van der Waals surface area contributed by atoms with Crippen LogP contribution in [-0.4, -0.2) is 31.8 Å². The van der Waals surface area contributed by atoms with Crippen molar-refractivity contribution in [2.45, 2.75) is 26.9 Å². The average molecular weight is 282 g/mol. The lowest BCUT2D eigenvalue weighted by Crippen LogP contribution is -2.29. The highest BCUT2D eigenvalue weighted by atomic mass is 35.5. The van der Waals surface area contributed by atoms with Gasteiger partial charge in [-0.2, -0.15) is 5.10 Å². The summed E-state index contributed by atoms with van der Waals surface area (Å²) in [5, 5.41) is 7.47. The van der Waals surface area contributed by atoms with Gasteiger partial charge in [-0.05, 0) is 13.8 Å². The first-order valence-corrected chi connectivity index (χ1v) is 6.48. The minimum absolute atomic E-state index is 0.201. The van der Waals surface area contributed by atoms with Crippen molar-refractivity contribution < 1.29 is 4.79 Å². The normalized spacial score (nSPS) is 10.7. The van der Waals surface area contributed by atoms with Crippen LogP contribution in [0.15, 0.2) is 18.7 Å². The lowest BCUT2D eigenvalue weighted by Gasteiger charge is -2.07. The number of hydrogen-bond donors (Lipinski definition) is 1. The second kappa shape index (κ2) is 5.88. The van der Waals surface area contributed by atoms with Gasteiger partial charge in [0.15, 0.2) is 0 Å². The first-order valence-electron chi connectivity index (χ1n) is 6.10. The Morgan fingerprint density at radius 3 is 2.95 bits per heavy atom. The zero-order valence-electron chi connectivity index (χ0n) is 10.9. The largest absolute Gasteiger partial charge is 0.349 e. The van der Waals surface area contributed by atoms with E-state index in [0.717, 1.165) is 0 Å². The third kappa shape index (κ3) is 2.96. The van der Waals surface area contributed by atoms with Crippen molar-refractivity contribution in [3.05, 3.63) is 35.1 Å². The van der Waals surface area contributed by atoms with Crippen LogP contribution in [0.2, 0.25) is 5.02 Å². The van der Waals surface area contributed by atoms with Gasteiger partial charge in [0, 0.05) is 32.0 Å². The van der Waals surface area contributed by atoms with Crippen LogP contribution in [0.5, 0.6) is 0 Å². The Morgan fingerprint density at radius 1 is 1.53 bits per heavy atom. The summed E-state index contributed by atoms with van der Waals surface area (Å²) in [6.07, 6.45) is 5.26. The third-order valence-electron chi connectivity index (χ3n) is 2.78. The lowest BCUT2D eigenvalue weighted by molar-refractivity contribution is 0.0942. The van der Waals surface area contributed by atoms with Gasteiger partial charge >= 0.3 is 0 Å². The number of amides is 1. The summed E-state index contributed by atoms with van der Waals surface area (Å²) in [6, 6.07) is 0. The number of nitrogens with one attached hydrogen (secondary N) is 1. The average Bonchev–Trinajstić information content (AvgIpc) is 2.99. The molecule has 0 unspecified atom stereocenters. The number of aryl methyl sites for hydroxylation is 2. The third-order valence-corrected chi connectivity index (χ3v) is 3.24. The van der Waals surface area contributed by atoms with E-state index in [1.165, 1.54) is 0 Å². The summed E-state index contributed by atoms with van der Waals surface area (Å²) in [5.74, 6) is -0.201. The molecule has 2 aromatic heterocycles. The van der Waals surface area contributed by atoms with Gasteiger partial charge in [0.1, 0.15) is 5.69 Å². The van der Waals surface area contributed by atoms with E-state index in [4.69, 9.17) is 11.6 Å². The van der Waals surface area contributed by atoms with Crippen LogP contribution in [0.3, 0.4) is 0 Å². The van der Waals surface area contributed by atoms with Crippen LogP contribution in [0, 0.1) is 6.92 Å². The lowest BCUT2D eigenvalue weighted by atomic mass is 10.3. The summed E-state index contributed by atoms with van der Waals surface area (Å²) >= 11 is 6.11. The van der Waals surface area contributed by atoms with Gasteiger partial charge in [-0.15, -0.1) is 0 Å². The van der Waals surface area contributed by atoms with Crippen LogP contribution in [0.4, 0.5) is 0 Å². The fraction of sp³-hybridized carbons (Fsp3) is 0.417. The van der Waals surface area contributed by atoms with Gasteiger partial charge in [-0.3, -0.25) is 9.48 Å². The minimum Gasteiger partial charge on any atom is -0.349 e. The molecule has 0 saturated heterocycles. The number of rotatable bonds is 5. The van der Waals surface area contributed by atoms with Crippen LogP contribution < -0.4 is 5.32 Å². The molecule has 0 radical (unpaired) electrons. The summed E-state index contributed by atoms with van der Waals surface area (Å²) in [4.78, 5) is 16.0. The molecule has 7 heteroatoms. The van der Waals surface area contributed by atoms with E-state index in [9.17, 15) is 4.79 Å². The second-order valence-electron chi connectivity index (χ2n) is 4.12. The second-order valence-corrected chi connectivity index (χ2v) is 4.50. The number of nitrogens with zero attached hydrogens (tertiary/aromatic N) is 4. The van der Waals surface area contributed by atoms with Crippen molar-refractivity contribution in [2.24, 2.45) is 0 Å². The number of hydrogen-bond acceptors (Lipinski definition) is 3. The summed E-state index contributed by atoms with van der Waals surface area (Å²) in [6.45, 7) is 5.50. The monoisotopic (exact) mass is 281 g/mol. The smallest absolute Gasteiger partial charge is 0.271 e. The van der Waals surface area contributed by atoms with E-state index in [1.54, 1.807) is 24.1 Å². The van der Waals surface area contributed by atoms with E-state index in [0.29, 0.717) is 36.0 Å². The van der Waals surface area contributed by atoms with E-state index < -0.39 is 0 Å². The van der Waals surface area contributed by atoms with Crippen molar-refractivity contribution in [1.82, 2.24) is 24.6 Å². The number of imidazole rings is 1. The Hall–Kier alpha value is -1.82. The molecule has 0 spiro atoms. The van der Waals surface area contributed by atoms with E-state index in [-0.39, 0.29) is 5.91 Å². The van der Waals surface area contributed by atoms with Gasteiger partial charge in [-0.25, -0.2) is 4.98 Å². The van der Waals surface area contributed by atoms with Crippen molar-refractivity contribution >= 4 is 17.5 Å². The molecule has 0 aliphatic carbocycles. The molecule has 0 aliphatic heterocycles. The predicted molar refractivity (Wildman–Crippen MR) is 72.2 cm³/mol.